The summed E-state index contributed by atoms with van der Waals surface area (Å²) >= 11 is 5.03. The molecule has 102 valence electrons. The van der Waals surface area contributed by atoms with E-state index in [0.717, 1.165) is 6.54 Å². The number of rotatable bonds is 7. The average molecular weight is 264 g/mol. The minimum atomic E-state index is -0.870. The minimum Gasteiger partial charge on any atom is -0.391 e. The third-order valence-corrected chi connectivity index (χ3v) is 2.25. The standard InChI is InChI=1S/C11H24N2O3S/c1-5-12-10(17)13-9(8(2)14)6-16-7-11(3,4)15/h8-9,14-15H,5-7H2,1-4H3,(H2,12,13,17). The van der Waals surface area contributed by atoms with E-state index in [1.807, 2.05) is 6.92 Å². The quantitative estimate of drug-likeness (QED) is 0.485. The fourth-order valence-electron chi connectivity index (χ4n) is 1.12. The topological polar surface area (TPSA) is 73.8 Å². The predicted molar refractivity (Wildman–Crippen MR) is 72.0 cm³/mol. The van der Waals surface area contributed by atoms with Crippen LogP contribution in [0.15, 0.2) is 0 Å². The molecule has 0 aliphatic carbocycles. The van der Waals surface area contributed by atoms with Crippen LogP contribution < -0.4 is 10.6 Å². The Kier molecular flexibility index (Phi) is 7.61. The van der Waals surface area contributed by atoms with Gasteiger partial charge in [-0.25, -0.2) is 0 Å². The van der Waals surface area contributed by atoms with Gasteiger partial charge in [0.05, 0.1) is 31.0 Å². The zero-order chi connectivity index (χ0) is 13.5. The highest BCUT2D eigenvalue weighted by Gasteiger charge is 2.18. The highest BCUT2D eigenvalue weighted by molar-refractivity contribution is 7.80. The van der Waals surface area contributed by atoms with Gasteiger partial charge in [0.2, 0.25) is 0 Å². The van der Waals surface area contributed by atoms with Crippen LogP contribution in [-0.4, -0.2) is 52.8 Å². The van der Waals surface area contributed by atoms with Crippen LogP contribution in [-0.2, 0) is 4.74 Å². The van der Waals surface area contributed by atoms with Gasteiger partial charge in [0.15, 0.2) is 5.11 Å². The molecule has 0 heterocycles. The van der Waals surface area contributed by atoms with Gasteiger partial charge in [0, 0.05) is 6.54 Å². The van der Waals surface area contributed by atoms with Crippen LogP contribution in [0.3, 0.4) is 0 Å². The Morgan fingerprint density at radius 2 is 2.06 bits per heavy atom. The van der Waals surface area contributed by atoms with Gasteiger partial charge in [-0.15, -0.1) is 0 Å². The van der Waals surface area contributed by atoms with Crippen molar-refractivity contribution in [3.8, 4) is 0 Å². The third kappa shape index (κ3) is 9.29. The maximum atomic E-state index is 9.57. The van der Waals surface area contributed by atoms with Gasteiger partial charge >= 0.3 is 0 Å². The maximum absolute atomic E-state index is 9.57. The first kappa shape index (κ1) is 16.6. The van der Waals surface area contributed by atoms with Crippen LogP contribution in [0.5, 0.6) is 0 Å². The summed E-state index contributed by atoms with van der Waals surface area (Å²) in [6, 6.07) is -0.288. The molecule has 0 fully saturated rings. The van der Waals surface area contributed by atoms with Crippen LogP contribution in [0, 0.1) is 0 Å². The van der Waals surface area contributed by atoms with E-state index < -0.39 is 11.7 Å². The summed E-state index contributed by atoms with van der Waals surface area (Å²) < 4.78 is 5.34. The molecule has 5 nitrogen and oxygen atoms in total. The first-order valence-corrected chi connectivity index (χ1v) is 6.19. The summed E-state index contributed by atoms with van der Waals surface area (Å²) in [4.78, 5) is 0. The third-order valence-electron chi connectivity index (χ3n) is 1.99. The maximum Gasteiger partial charge on any atom is 0.166 e. The van der Waals surface area contributed by atoms with E-state index in [1.54, 1.807) is 20.8 Å². The SMILES string of the molecule is CCNC(=S)NC(COCC(C)(C)O)C(C)O. The van der Waals surface area contributed by atoms with E-state index in [-0.39, 0.29) is 19.3 Å². The van der Waals surface area contributed by atoms with E-state index in [9.17, 15) is 10.2 Å². The summed E-state index contributed by atoms with van der Waals surface area (Å²) in [5.74, 6) is 0. The lowest BCUT2D eigenvalue weighted by atomic mass is 10.1. The highest BCUT2D eigenvalue weighted by Crippen LogP contribution is 2.02. The zero-order valence-electron chi connectivity index (χ0n) is 11.0. The van der Waals surface area contributed by atoms with Gasteiger partial charge in [-0.05, 0) is 39.9 Å². The molecule has 0 spiro atoms. The van der Waals surface area contributed by atoms with E-state index in [1.165, 1.54) is 0 Å². The Morgan fingerprint density at radius 1 is 1.47 bits per heavy atom. The molecule has 2 atom stereocenters. The lowest BCUT2D eigenvalue weighted by molar-refractivity contribution is -0.0341. The van der Waals surface area contributed by atoms with Crippen LogP contribution in [0.1, 0.15) is 27.7 Å². The zero-order valence-corrected chi connectivity index (χ0v) is 11.8. The first-order valence-electron chi connectivity index (χ1n) is 5.79. The largest absolute Gasteiger partial charge is 0.391 e. The Labute approximate surface area is 109 Å². The lowest BCUT2D eigenvalue weighted by Gasteiger charge is -2.25. The minimum absolute atomic E-state index is 0.214. The van der Waals surface area contributed by atoms with Crippen molar-refractivity contribution < 1.29 is 14.9 Å². The molecule has 0 aromatic rings. The van der Waals surface area contributed by atoms with Gasteiger partial charge < -0.3 is 25.6 Å². The normalized spacial score (nSPS) is 15.2. The molecule has 0 aliphatic heterocycles. The number of aliphatic hydroxyl groups excluding tert-OH is 1. The molecule has 0 rings (SSSR count). The van der Waals surface area contributed by atoms with E-state index in [0.29, 0.717) is 5.11 Å². The van der Waals surface area contributed by atoms with Crippen molar-refractivity contribution in [2.24, 2.45) is 0 Å². The van der Waals surface area contributed by atoms with Crippen LogP contribution >= 0.6 is 12.2 Å². The molecule has 4 N–H and O–H groups in total. The number of hydrogen-bond donors (Lipinski definition) is 4. The van der Waals surface area contributed by atoms with Crippen molar-refractivity contribution in [3.05, 3.63) is 0 Å². The molecule has 0 aliphatic rings. The molecular formula is C11H24N2O3S. The van der Waals surface area contributed by atoms with Gasteiger partial charge in [0.1, 0.15) is 0 Å². The Morgan fingerprint density at radius 3 is 2.47 bits per heavy atom. The number of nitrogens with one attached hydrogen (secondary N) is 2. The molecule has 17 heavy (non-hydrogen) atoms. The predicted octanol–water partition coefficient (Wildman–Crippen LogP) is 0.00730. The first-order chi connectivity index (χ1) is 7.76. The van der Waals surface area contributed by atoms with E-state index in [4.69, 9.17) is 17.0 Å². The smallest absolute Gasteiger partial charge is 0.166 e. The van der Waals surface area contributed by atoms with Crippen molar-refractivity contribution >= 4 is 17.3 Å². The van der Waals surface area contributed by atoms with Gasteiger partial charge in [-0.3, -0.25) is 0 Å². The lowest BCUT2D eigenvalue weighted by Crippen LogP contribution is -2.49. The van der Waals surface area contributed by atoms with E-state index >= 15 is 0 Å². The van der Waals surface area contributed by atoms with Gasteiger partial charge in [-0.1, -0.05) is 0 Å². The molecule has 0 amide bonds. The summed E-state index contributed by atoms with van der Waals surface area (Å²) in [6.45, 7) is 8.17. The Balaban J connectivity index is 4.03. The molecule has 0 radical (unpaired) electrons. The molecular weight excluding hydrogens is 240 g/mol. The van der Waals surface area contributed by atoms with Crippen LogP contribution in [0.4, 0.5) is 0 Å². The fraction of sp³-hybridized carbons (Fsp3) is 0.909. The second kappa shape index (κ2) is 7.81. The van der Waals surface area contributed by atoms with Gasteiger partial charge in [-0.2, -0.15) is 0 Å². The molecule has 0 bridgehead atoms. The van der Waals surface area contributed by atoms with E-state index in [2.05, 4.69) is 10.6 Å². The second-order valence-electron chi connectivity index (χ2n) is 4.68. The summed E-state index contributed by atoms with van der Waals surface area (Å²) in [5, 5.41) is 25.5. The van der Waals surface area contributed by atoms with Crippen molar-refractivity contribution in [2.45, 2.75) is 45.4 Å². The molecule has 0 saturated carbocycles. The highest BCUT2D eigenvalue weighted by atomic mass is 32.1. The summed E-state index contributed by atoms with van der Waals surface area (Å²) in [5.41, 5.74) is -0.870. The number of thiocarbonyl (C=S) groups is 1. The molecule has 6 heteroatoms. The van der Waals surface area contributed by atoms with Crippen molar-refractivity contribution in [1.82, 2.24) is 10.6 Å². The molecule has 0 aromatic carbocycles. The van der Waals surface area contributed by atoms with Crippen molar-refractivity contribution in [3.63, 3.8) is 0 Å². The molecule has 2 unspecified atom stereocenters. The number of ether oxygens (including phenoxy) is 1. The second-order valence-corrected chi connectivity index (χ2v) is 5.09. The summed E-state index contributed by atoms with van der Waals surface area (Å²) in [7, 11) is 0. The fourth-order valence-corrected chi connectivity index (χ4v) is 1.41. The number of hydrogen-bond acceptors (Lipinski definition) is 4. The van der Waals surface area contributed by atoms with Crippen LogP contribution in [0.25, 0.3) is 0 Å². The molecule has 0 aromatic heterocycles. The molecule has 0 saturated heterocycles. The Bertz CT molecular complexity index is 229. The number of aliphatic hydroxyl groups is 2. The Hall–Kier alpha value is -0.430. The van der Waals surface area contributed by atoms with Crippen molar-refractivity contribution in [1.29, 1.82) is 0 Å². The van der Waals surface area contributed by atoms with Crippen LogP contribution in [0.2, 0.25) is 0 Å². The van der Waals surface area contributed by atoms with Gasteiger partial charge in [0.25, 0.3) is 0 Å². The average Bonchev–Trinajstić information content (AvgIpc) is 2.14. The monoisotopic (exact) mass is 264 g/mol. The summed E-state index contributed by atoms with van der Waals surface area (Å²) in [6.07, 6.45) is -0.589. The van der Waals surface area contributed by atoms with Crippen molar-refractivity contribution in [2.75, 3.05) is 19.8 Å².